The molecule has 0 amide bonds. The maximum atomic E-state index is 6.57. The van der Waals surface area contributed by atoms with Crippen molar-refractivity contribution in [2.75, 3.05) is 0 Å². The lowest BCUT2D eigenvalue weighted by molar-refractivity contribution is -0.199. The van der Waals surface area contributed by atoms with Crippen LogP contribution in [0.15, 0.2) is 64.8 Å². The van der Waals surface area contributed by atoms with E-state index in [2.05, 4.69) is 96.1 Å². The van der Waals surface area contributed by atoms with Crippen molar-refractivity contribution in [2.24, 2.45) is 0 Å². The molecule has 3 nitrogen and oxygen atoms in total. The molecular formula is C30H28O3. The van der Waals surface area contributed by atoms with Crippen LogP contribution in [-0.2, 0) is 14.9 Å². The van der Waals surface area contributed by atoms with E-state index in [0.29, 0.717) is 0 Å². The molecule has 1 atom stereocenters. The van der Waals surface area contributed by atoms with Gasteiger partial charge in [-0.15, -0.1) is 0 Å². The summed E-state index contributed by atoms with van der Waals surface area (Å²) in [6, 6.07) is 19.7. The third-order valence-corrected chi connectivity index (χ3v) is 8.40. The summed E-state index contributed by atoms with van der Waals surface area (Å²) in [5, 5.41) is 2.30. The molecule has 3 aromatic carbocycles. The summed E-state index contributed by atoms with van der Waals surface area (Å²) in [6.45, 7) is 13.0. The Hall–Kier alpha value is -3.04. The monoisotopic (exact) mass is 436 g/mol. The second kappa shape index (κ2) is 5.71. The average molecular weight is 437 g/mol. The Morgan fingerprint density at radius 2 is 1.45 bits per heavy atom. The van der Waals surface area contributed by atoms with Crippen molar-refractivity contribution < 1.29 is 13.9 Å². The molecule has 166 valence electrons. The van der Waals surface area contributed by atoms with E-state index < -0.39 is 0 Å². The summed E-state index contributed by atoms with van der Waals surface area (Å²) in [4.78, 5) is 0. The Balaban J connectivity index is 1.43. The second-order valence-electron chi connectivity index (χ2n) is 11.2. The molecule has 0 N–H and O–H groups in total. The molecule has 1 fully saturated rings. The number of ether oxygens (including phenoxy) is 2. The topological polar surface area (TPSA) is 31.6 Å². The molecule has 0 bridgehead atoms. The average Bonchev–Trinajstić information content (AvgIpc) is 3.19. The van der Waals surface area contributed by atoms with Gasteiger partial charge in [0.25, 0.3) is 0 Å². The summed E-state index contributed by atoms with van der Waals surface area (Å²) in [6.07, 6.45) is -0.0809. The fourth-order valence-corrected chi connectivity index (χ4v) is 5.72. The maximum absolute atomic E-state index is 6.57. The number of hydrogen-bond donors (Lipinski definition) is 0. The fraction of sp³-hybridized carbons (Fsp3) is 0.333. The van der Waals surface area contributed by atoms with Gasteiger partial charge >= 0.3 is 0 Å². The SMILES string of the molecule is CC1(C)c2ccccc2-c2cc3c(cc21)oc1c(C2=C4OC(C)(C)C(C)(C)OC42)cccc13. The summed E-state index contributed by atoms with van der Waals surface area (Å²) in [5.74, 6) is 0.949. The van der Waals surface area contributed by atoms with Crippen LogP contribution in [0.25, 0.3) is 38.6 Å². The lowest BCUT2D eigenvalue weighted by atomic mass is 9.82. The van der Waals surface area contributed by atoms with Crippen molar-refractivity contribution in [3.63, 3.8) is 0 Å². The second-order valence-corrected chi connectivity index (χ2v) is 11.2. The Kier molecular flexibility index (Phi) is 3.36. The van der Waals surface area contributed by atoms with Crippen LogP contribution in [-0.4, -0.2) is 17.3 Å². The van der Waals surface area contributed by atoms with Crippen LogP contribution >= 0.6 is 0 Å². The van der Waals surface area contributed by atoms with Crippen molar-refractivity contribution >= 4 is 27.5 Å². The van der Waals surface area contributed by atoms with Crippen molar-refractivity contribution in [3.05, 3.63) is 77.0 Å². The van der Waals surface area contributed by atoms with Crippen LogP contribution in [0.3, 0.4) is 0 Å². The maximum Gasteiger partial charge on any atom is 0.145 e. The van der Waals surface area contributed by atoms with Gasteiger partial charge in [-0.1, -0.05) is 56.3 Å². The van der Waals surface area contributed by atoms with Gasteiger partial charge in [0.1, 0.15) is 34.2 Å². The van der Waals surface area contributed by atoms with E-state index in [1.54, 1.807) is 0 Å². The molecule has 3 heteroatoms. The smallest absolute Gasteiger partial charge is 0.145 e. The van der Waals surface area contributed by atoms with Crippen LogP contribution in [0.2, 0.25) is 0 Å². The highest BCUT2D eigenvalue weighted by Gasteiger charge is 2.57. The van der Waals surface area contributed by atoms with E-state index in [1.165, 1.54) is 22.3 Å². The van der Waals surface area contributed by atoms with Gasteiger partial charge in [0.05, 0.1) is 0 Å². The molecule has 0 saturated carbocycles. The van der Waals surface area contributed by atoms with E-state index >= 15 is 0 Å². The van der Waals surface area contributed by atoms with E-state index in [1.807, 2.05) is 0 Å². The number of rotatable bonds is 1. The third-order valence-electron chi connectivity index (χ3n) is 8.40. The quantitative estimate of drug-likeness (QED) is 0.308. The Labute approximate surface area is 194 Å². The zero-order chi connectivity index (χ0) is 22.9. The van der Waals surface area contributed by atoms with Gasteiger partial charge in [-0.05, 0) is 62.1 Å². The zero-order valence-electron chi connectivity index (χ0n) is 20.0. The minimum atomic E-state index is -0.387. The number of benzene rings is 3. The molecule has 4 aromatic rings. The molecule has 3 aliphatic rings. The van der Waals surface area contributed by atoms with Crippen LogP contribution < -0.4 is 0 Å². The predicted octanol–water partition coefficient (Wildman–Crippen LogP) is 7.59. The zero-order valence-corrected chi connectivity index (χ0v) is 20.0. The van der Waals surface area contributed by atoms with Crippen molar-refractivity contribution in [3.8, 4) is 11.1 Å². The molecule has 1 unspecified atom stereocenters. The molecule has 33 heavy (non-hydrogen) atoms. The molecule has 0 radical (unpaired) electrons. The molecule has 1 saturated heterocycles. The van der Waals surface area contributed by atoms with Crippen molar-refractivity contribution in [2.45, 2.75) is 64.3 Å². The molecule has 2 aliphatic carbocycles. The lowest BCUT2D eigenvalue weighted by Crippen LogP contribution is -2.52. The van der Waals surface area contributed by atoms with Crippen molar-refractivity contribution in [1.82, 2.24) is 0 Å². The first-order valence-corrected chi connectivity index (χ1v) is 11.8. The van der Waals surface area contributed by atoms with Gasteiger partial charge in [-0.2, -0.15) is 0 Å². The molecule has 7 rings (SSSR count). The molecule has 0 spiro atoms. The van der Waals surface area contributed by atoms with E-state index in [-0.39, 0.29) is 22.7 Å². The van der Waals surface area contributed by atoms with Gasteiger partial charge in [0, 0.05) is 27.3 Å². The lowest BCUT2D eigenvalue weighted by Gasteiger charge is -2.44. The molecule has 1 aliphatic heterocycles. The van der Waals surface area contributed by atoms with E-state index in [4.69, 9.17) is 13.9 Å². The Morgan fingerprint density at radius 3 is 2.24 bits per heavy atom. The number of hydrogen-bond acceptors (Lipinski definition) is 3. The standard InChI is InChI=1S/C30H28O3/c1-28(2)21-13-8-7-10-16(21)19-14-20-17-11-9-12-18(25(17)31-23(20)15-22(19)28)24-26-27(24)33-30(5,6)29(3,4)32-26/h7-15,26H,1-6H3. The highest BCUT2D eigenvalue weighted by atomic mass is 16.6. The number of fused-ring (bicyclic) bond motifs is 7. The number of furan rings is 1. The van der Waals surface area contributed by atoms with Crippen LogP contribution in [0, 0.1) is 0 Å². The predicted molar refractivity (Wildman–Crippen MR) is 132 cm³/mol. The van der Waals surface area contributed by atoms with Gasteiger partial charge in [-0.25, -0.2) is 0 Å². The number of para-hydroxylation sites is 1. The minimum absolute atomic E-state index is 0.0448. The van der Waals surface area contributed by atoms with Crippen LogP contribution in [0.1, 0.15) is 58.2 Å². The molecular weight excluding hydrogens is 408 g/mol. The Bertz CT molecular complexity index is 1540. The van der Waals surface area contributed by atoms with E-state index in [0.717, 1.165) is 38.8 Å². The van der Waals surface area contributed by atoms with Crippen molar-refractivity contribution in [1.29, 1.82) is 0 Å². The van der Waals surface area contributed by atoms with Crippen LogP contribution in [0.4, 0.5) is 0 Å². The highest BCUT2D eigenvalue weighted by Crippen LogP contribution is 2.56. The largest absolute Gasteiger partial charge is 0.486 e. The van der Waals surface area contributed by atoms with Gasteiger partial charge in [0.2, 0.25) is 0 Å². The van der Waals surface area contributed by atoms with Gasteiger partial charge < -0.3 is 13.9 Å². The minimum Gasteiger partial charge on any atom is -0.486 e. The molecule has 2 heterocycles. The molecule has 1 aromatic heterocycles. The Morgan fingerprint density at radius 1 is 0.697 bits per heavy atom. The first-order chi connectivity index (χ1) is 15.6. The highest BCUT2D eigenvalue weighted by molar-refractivity contribution is 6.11. The third kappa shape index (κ3) is 2.33. The summed E-state index contributed by atoms with van der Waals surface area (Å²) in [7, 11) is 0. The summed E-state index contributed by atoms with van der Waals surface area (Å²) >= 11 is 0. The normalized spacial score (nSPS) is 23.3. The summed E-state index contributed by atoms with van der Waals surface area (Å²) in [5.41, 5.74) is 8.61. The fourth-order valence-electron chi connectivity index (χ4n) is 5.72. The van der Waals surface area contributed by atoms with Gasteiger partial charge in [0.15, 0.2) is 0 Å². The summed E-state index contributed by atoms with van der Waals surface area (Å²) < 4.78 is 19.4. The first-order valence-electron chi connectivity index (χ1n) is 11.8. The van der Waals surface area contributed by atoms with Crippen LogP contribution in [0.5, 0.6) is 0 Å². The van der Waals surface area contributed by atoms with Gasteiger partial charge in [-0.3, -0.25) is 0 Å². The van der Waals surface area contributed by atoms with E-state index in [9.17, 15) is 0 Å². The first kappa shape index (κ1) is 19.4.